The first-order valence-electron chi connectivity index (χ1n) is 13.5. The van der Waals surface area contributed by atoms with Gasteiger partial charge in [0.15, 0.2) is 5.60 Å². The number of Topliss-reactive ketones (excluding diaryl/α,β-unsaturated/α-hetero) is 1. The van der Waals surface area contributed by atoms with Crippen molar-refractivity contribution in [3.63, 3.8) is 0 Å². The number of ketones is 1. The molecule has 0 aliphatic carbocycles. The third kappa shape index (κ3) is 13.6. The number of rotatable bonds is 24. The molecular weight excluding hydrogens is 452 g/mol. The Morgan fingerprint density at radius 3 is 1.49 bits per heavy atom. The number of carbonyl (C=O) groups is 4. The van der Waals surface area contributed by atoms with Gasteiger partial charge in [-0.05, 0) is 12.8 Å². The van der Waals surface area contributed by atoms with E-state index in [1.165, 1.54) is 44.9 Å². The normalized spacial score (nSPS) is 14.7. The van der Waals surface area contributed by atoms with Crippen LogP contribution in [0.5, 0.6) is 0 Å². The van der Waals surface area contributed by atoms with Crippen LogP contribution in [-0.4, -0.2) is 49.7 Å². The second kappa shape index (κ2) is 19.3. The maximum Gasteiger partial charge on any atom is 0.337 e. The van der Waals surface area contributed by atoms with Crippen LogP contribution in [-0.2, 0) is 19.2 Å². The Balaban J connectivity index is 4.98. The van der Waals surface area contributed by atoms with Gasteiger partial charge in [-0.15, -0.1) is 0 Å². The number of carbonyl (C=O) groups excluding carboxylic acids is 1. The van der Waals surface area contributed by atoms with Crippen molar-refractivity contribution in [1.82, 2.24) is 0 Å². The van der Waals surface area contributed by atoms with Crippen molar-refractivity contribution in [2.24, 2.45) is 11.8 Å². The molecule has 0 aromatic heterocycles. The number of carboxylic acids is 3. The molecule has 0 aromatic carbocycles. The van der Waals surface area contributed by atoms with Crippen molar-refractivity contribution < 1.29 is 39.6 Å². The highest BCUT2D eigenvalue weighted by Gasteiger charge is 2.54. The van der Waals surface area contributed by atoms with Crippen molar-refractivity contribution in [3.05, 3.63) is 0 Å². The topological polar surface area (TPSA) is 149 Å². The summed E-state index contributed by atoms with van der Waals surface area (Å²) in [7, 11) is 0. The molecular formula is C27H48O8. The van der Waals surface area contributed by atoms with Crippen molar-refractivity contribution in [1.29, 1.82) is 0 Å². The Morgan fingerprint density at radius 1 is 0.657 bits per heavy atom. The molecule has 0 aliphatic heterocycles. The van der Waals surface area contributed by atoms with Crippen LogP contribution in [0.4, 0.5) is 0 Å². The first-order chi connectivity index (χ1) is 16.6. The highest BCUT2D eigenvalue weighted by Crippen LogP contribution is 2.34. The number of aliphatic hydroxyl groups is 1. The molecule has 8 nitrogen and oxygen atoms in total. The number of hydrogen-bond donors (Lipinski definition) is 4. The Morgan fingerprint density at radius 2 is 1.09 bits per heavy atom. The van der Waals surface area contributed by atoms with Crippen LogP contribution >= 0.6 is 0 Å². The number of hydrogen-bond acceptors (Lipinski definition) is 5. The first-order valence-corrected chi connectivity index (χ1v) is 13.5. The van der Waals surface area contributed by atoms with E-state index >= 15 is 0 Å². The highest BCUT2D eigenvalue weighted by molar-refractivity contribution is 5.94. The van der Waals surface area contributed by atoms with Gasteiger partial charge in [0.05, 0.1) is 6.42 Å². The molecule has 0 aromatic rings. The quantitative estimate of drug-likeness (QED) is 0.121. The van der Waals surface area contributed by atoms with E-state index in [1.807, 2.05) is 6.92 Å². The van der Waals surface area contributed by atoms with Gasteiger partial charge in [-0.2, -0.15) is 0 Å². The zero-order valence-corrected chi connectivity index (χ0v) is 21.8. The minimum Gasteiger partial charge on any atom is -0.481 e. The molecule has 3 atom stereocenters. The molecule has 0 heterocycles. The maximum absolute atomic E-state index is 12.9. The van der Waals surface area contributed by atoms with Gasteiger partial charge in [0.1, 0.15) is 11.7 Å². The largest absolute Gasteiger partial charge is 0.481 e. The maximum atomic E-state index is 12.9. The van der Waals surface area contributed by atoms with E-state index in [9.17, 15) is 34.5 Å². The van der Waals surface area contributed by atoms with Gasteiger partial charge in [0, 0.05) is 12.3 Å². The van der Waals surface area contributed by atoms with Crippen LogP contribution in [0.2, 0.25) is 0 Å². The Bertz CT molecular complexity index is 633. The number of carboxylic acid groups (broad SMARTS) is 3. The second-order valence-corrected chi connectivity index (χ2v) is 9.82. The molecule has 0 spiro atoms. The fourth-order valence-electron chi connectivity index (χ4n) is 4.71. The van der Waals surface area contributed by atoms with E-state index in [0.717, 1.165) is 38.5 Å². The van der Waals surface area contributed by atoms with Gasteiger partial charge in [0.2, 0.25) is 0 Å². The molecule has 35 heavy (non-hydrogen) atoms. The van der Waals surface area contributed by atoms with Crippen molar-refractivity contribution in [3.8, 4) is 0 Å². The molecule has 0 amide bonds. The molecule has 0 bridgehead atoms. The summed E-state index contributed by atoms with van der Waals surface area (Å²) in [5.74, 6) is -8.91. The first kappa shape index (κ1) is 33.0. The van der Waals surface area contributed by atoms with Gasteiger partial charge >= 0.3 is 17.9 Å². The van der Waals surface area contributed by atoms with E-state index in [4.69, 9.17) is 5.11 Å². The molecule has 0 radical (unpaired) electrons. The highest BCUT2D eigenvalue weighted by atomic mass is 16.4. The summed E-state index contributed by atoms with van der Waals surface area (Å²) in [4.78, 5) is 48.0. The SMILES string of the molecule is CCCCCCCCCCCCCCC(C(=O)CCCCC)C(C(=O)O)C(O)(CC(=O)O)C(=O)O. The van der Waals surface area contributed by atoms with Crippen LogP contribution in [0.3, 0.4) is 0 Å². The van der Waals surface area contributed by atoms with Crippen LogP contribution in [0.15, 0.2) is 0 Å². The molecule has 0 fully saturated rings. The van der Waals surface area contributed by atoms with Crippen molar-refractivity contribution in [2.75, 3.05) is 0 Å². The summed E-state index contributed by atoms with van der Waals surface area (Å²) in [5, 5.41) is 39.1. The minimum absolute atomic E-state index is 0.0866. The predicted octanol–water partition coefficient (Wildman–Crippen LogP) is 5.83. The summed E-state index contributed by atoms with van der Waals surface area (Å²) < 4.78 is 0. The second-order valence-electron chi connectivity index (χ2n) is 9.82. The standard InChI is InChI=1S/C27H48O8/c1-3-5-7-8-9-10-11-12-13-14-15-17-18-21(22(28)19-16-6-4-2)24(25(31)32)27(35,26(33)34)20-23(29)30/h21,24,35H,3-20H2,1-2H3,(H,29,30)(H,31,32)(H,33,34). The Kier molecular flexibility index (Phi) is 18.2. The number of aliphatic carboxylic acids is 3. The van der Waals surface area contributed by atoms with Gasteiger partial charge in [-0.25, -0.2) is 4.79 Å². The third-order valence-corrected chi connectivity index (χ3v) is 6.78. The molecule has 0 saturated carbocycles. The fraction of sp³-hybridized carbons (Fsp3) is 0.852. The van der Waals surface area contributed by atoms with Gasteiger partial charge < -0.3 is 20.4 Å². The Labute approximate surface area is 210 Å². The lowest BCUT2D eigenvalue weighted by Crippen LogP contribution is -2.55. The minimum atomic E-state index is -3.06. The van der Waals surface area contributed by atoms with E-state index in [1.54, 1.807) is 0 Å². The number of unbranched alkanes of at least 4 members (excludes halogenated alkanes) is 13. The molecule has 8 heteroatoms. The molecule has 3 unspecified atom stereocenters. The van der Waals surface area contributed by atoms with Crippen LogP contribution in [0.25, 0.3) is 0 Å². The van der Waals surface area contributed by atoms with Gasteiger partial charge in [0.25, 0.3) is 0 Å². The predicted molar refractivity (Wildman–Crippen MR) is 134 cm³/mol. The average Bonchev–Trinajstić information content (AvgIpc) is 2.78. The summed E-state index contributed by atoms with van der Waals surface area (Å²) in [6.45, 7) is 4.17. The lowest BCUT2D eigenvalue weighted by atomic mass is 9.71. The lowest BCUT2D eigenvalue weighted by Gasteiger charge is -2.33. The zero-order chi connectivity index (χ0) is 26.7. The summed E-state index contributed by atoms with van der Waals surface area (Å²) in [5.41, 5.74) is -3.06. The van der Waals surface area contributed by atoms with Crippen LogP contribution in [0.1, 0.15) is 129 Å². The van der Waals surface area contributed by atoms with Crippen molar-refractivity contribution >= 4 is 23.7 Å². The van der Waals surface area contributed by atoms with Crippen LogP contribution in [0, 0.1) is 11.8 Å². The average molecular weight is 501 g/mol. The summed E-state index contributed by atoms with van der Waals surface area (Å²) >= 11 is 0. The lowest BCUT2D eigenvalue weighted by molar-refractivity contribution is -0.184. The summed E-state index contributed by atoms with van der Waals surface area (Å²) in [6, 6.07) is 0. The smallest absolute Gasteiger partial charge is 0.337 e. The van der Waals surface area contributed by atoms with Crippen LogP contribution < -0.4 is 0 Å². The summed E-state index contributed by atoms with van der Waals surface area (Å²) in [6.07, 6.45) is 14.3. The Hall–Kier alpha value is -1.96. The fourth-order valence-corrected chi connectivity index (χ4v) is 4.71. The zero-order valence-electron chi connectivity index (χ0n) is 21.8. The molecule has 0 rings (SSSR count). The molecule has 0 aliphatic rings. The molecule has 0 saturated heterocycles. The van der Waals surface area contributed by atoms with E-state index in [2.05, 4.69) is 6.92 Å². The van der Waals surface area contributed by atoms with Gasteiger partial charge in [-0.3, -0.25) is 14.4 Å². The molecule has 4 N–H and O–H groups in total. The monoisotopic (exact) mass is 500 g/mol. The molecule has 204 valence electrons. The third-order valence-electron chi connectivity index (χ3n) is 6.78. The van der Waals surface area contributed by atoms with Crippen molar-refractivity contribution in [2.45, 2.75) is 135 Å². The van der Waals surface area contributed by atoms with E-state index < -0.39 is 47.5 Å². The van der Waals surface area contributed by atoms with Gasteiger partial charge in [-0.1, -0.05) is 104 Å². The van der Waals surface area contributed by atoms with E-state index in [0.29, 0.717) is 12.8 Å². The van der Waals surface area contributed by atoms with E-state index in [-0.39, 0.29) is 12.8 Å².